The van der Waals surface area contributed by atoms with E-state index >= 15 is 0 Å². The number of rotatable bonds is 6. The van der Waals surface area contributed by atoms with Gasteiger partial charge in [0.1, 0.15) is 0 Å². The van der Waals surface area contributed by atoms with Crippen LogP contribution in [0.15, 0.2) is 28.9 Å². The van der Waals surface area contributed by atoms with Crippen LogP contribution in [0.2, 0.25) is 18.1 Å². The summed E-state index contributed by atoms with van der Waals surface area (Å²) in [6, 6.07) is 0. The quantitative estimate of drug-likeness (QED) is 0.299. The average Bonchev–Trinajstić information content (AvgIpc) is 3.09. The van der Waals surface area contributed by atoms with Crippen LogP contribution < -0.4 is 11.2 Å². The molecular weight excluding hydrogens is 498 g/mol. The van der Waals surface area contributed by atoms with Crippen LogP contribution in [0, 0.1) is 35.0 Å². The highest BCUT2D eigenvalue weighted by molar-refractivity contribution is 6.74. The van der Waals surface area contributed by atoms with Crippen molar-refractivity contribution in [2.45, 2.75) is 90.1 Å². The Hall–Kier alpha value is -1.65. The Morgan fingerprint density at radius 1 is 1.32 bits per heavy atom. The molecule has 0 aromatic rings. The van der Waals surface area contributed by atoms with E-state index in [9.17, 15) is 19.8 Å². The summed E-state index contributed by atoms with van der Waals surface area (Å²) >= 11 is 0. The highest BCUT2D eigenvalue weighted by Crippen LogP contribution is 2.64. The Bertz CT molecular complexity index is 1060. The van der Waals surface area contributed by atoms with Crippen LogP contribution in [0.5, 0.6) is 0 Å². The number of ketones is 1. The van der Waals surface area contributed by atoms with E-state index < -0.39 is 25.9 Å². The number of carbonyl (C=O) groups excluding carboxylic acids is 2. The predicted octanol–water partition coefficient (Wildman–Crippen LogP) is 3.30. The van der Waals surface area contributed by atoms with Gasteiger partial charge in [-0.2, -0.15) is 5.10 Å². The zero-order valence-electron chi connectivity index (χ0n) is 24.1. The molecule has 4 rings (SSSR count). The minimum Gasteiger partial charge on any atom is -0.410 e. The van der Waals surface area contributed by atoms with Gasteiger partial charge < -0.3 is 20.4 Å². The number of fused-ring (bicyclic) bond motifs is 5. The molecule has 0 aromatic heterocycles. The van der Waals surface area contributed by atoms with Gasteiger partial charge in [-0.25, -0.2) is 5.43 Å². The molecular formula is C29H47N3O5Si. The number of Topliss-reactive ketones (excluding diaryl/α,β-unsaturated/α-hetero) is 1. The van der Waals surface area contributed by atoms with Crippen LogP contribution >= 0.6 is 0 Å². The molecule has 0 aliphatic heterocycles. The van der Waals surface area contributed by atoms with E-state index in [1.54, 1.807) is 0 Å². The first-order valence-corrected chi connectivity index (χ1v) is 17.0. The lowest BCUT2D eigenvalue weighted by Crippen LogP contribution is -2.60. The number of aliphatic hydroxyl groups excluding tert-OH is 1. The van der Waals surface area contributed by atoms with Gasteiger partial charge >= 0.3 is 0 Å². The molecule has 0 bridgehead atoms. The number of nitrogens with zero attached hydrogens (tertiary/aromatic N) is 1. The van der Waals surface area contributed by atoms with Crippen molar-refractivity contribution in [3.05, 3.63) is 23.8 Å². The monoisotopic (exact) mass is 545 g/mol. The molecule has 2 unspecified atom stereocenters. The van der Waals surface area contributed by atoms with E-state index in [4.69, 9.17) is 10.2 Å². The van der Waals surface area contributed by atoms with Crippen molar-refractivity contribution in [2.24, 2.45) is 45.8 Å². The zero-order chi connectivity index (χ0) is 28.3. The third kappa shape index (κ3) is 4.89. The molecule has 9 heteroatoms. The first-order chi connectivity index (χ1) is 17.5. The Balaban J connectivity index is 1.55. The molecule has 1 amide bonds. The van der Waals surface area contributed by atoms with Crippen molar-refractivity contribution in [3.8, 4) is 0 Å². The molecule has 0 saturated heterocycles. The van der Waals surface area contributed by atoms with Crippen molar-refractivity contribution in [3.63, 3.8) is 0 Å². The van der Waals surface area contributed by atoms with Crippen molar-refractivity contribution in [1.82, 2.24) is 5.43 Å². The molecule has 4 aliphatic rings. The molecule has 3 fully saturated rings. The highest BCUT2D eigenvalue weighted by Gasteiger charge is 2.65. The summed E-state index contributed by atoms with van der Waals surface area (Å²) in [4.78, 5) is 25.1. The number of hydrogen-bond acceptors (Lipinski definition) is 7. The van der Waals surface area contributed by atoms with Crippen molar-refractivity contribution < 1.29 is 24.2 Å². The van der Waals surface area contributed by atoms with Crippen molar-refractivity contribution in [1.29, 1.82) is 0 Å². The summed E-state index contributed by atoms with van der Waals surface area (Å²) in [5, 5.41) is 27.9. The van der Waals surface area contributed by atoms with Gasteiger partial charge in [0, 0.05) is 17.8 Å². The first kappa shape index (κ1) is 29.3. The van der Waals surface area contributed by atoms with Crippen LogP contribution in [0.25, 0.3) is 0 Å². The topological polar surface area (TPSA) is 134 Å². The fourth-order valence-corrected chi connectivity index (χ4v) is 8.58. The molecule has 0 spiro atoms. The summed E-state index contributed by atoms with van der Waals surface area (Å²) in [7, 11) is -2.10. The SMILES string of the molecule is C[C@@H]1CC2[C@@H]3CCC4=C/C(=N/NC(=O)CN)C=C[C@]4(C)C3[C@@H](O)C[C@]2(O)[C@H]1C(=O)CO[Si](C)(C)C(C)(C)C. The maximum Gasteiger partial charge on any atom is 0.253 e. The molecule has 8 nitrogen and oxygen atoms in total. The number of carbonyl (C=O) groups is 2. The number of allylic oxidation sites excluding steroid dienone is 4. The highest BCUT2D eigenvalue weighted by atomic mass is 28.4. The molecule has 3 saturated carbocycles. The number of nitrogens with one attached hydrogen (secondary N) is 1. The lowest BCUT2D eigenvalue weighted by Gasteiger charge is -2.58. The zero-order valence-corrected chi connectivity index (χ0v) is 25.1. The van der Waals surface area contributed by atoms with Gasteiger partial charge in [0.2, 0.25) is 0 Å². The largest absolute Gasteiger partial charge is 0.410 e. The second-order valence-electron chi connectivity index (χ2n) is 13.9. The van der Waals surface area contributed by atoms with Crippen LogP contribution in [0.1, 0.15) is 60.3 Å². The summed E-state index contributed by atoms with van der Waals surface area (Å²) < 4.78 is 6.27. The summed E-state index contributed by atoms with van der Waals surface area (Å²) in [6.07, 6.45) is 7.86. The van der Waals surface area contributed by atoms with E-state index in [2.05, 4.69) is 64.3 Å². The van der Waals surface area contributed by atoms with Gasteiger partial charge in [-0.15, -0.1) is 0 Å². The van der Waals surface area contributed by atoms with Gasteiger partial charge in [-0.1, -0.05) is 46.3 Å². The number of nitrogens with two attached hydrogens (primary N) is 1. The maximum atomic E-state index is 13.6. The second-order valence-corrected chi connectivity index (χ2v) is 18.7. The summed E-state index contributed by atoms with van der Waals surface area (Å²) in [5.41, 5.74) is 8.05. The minimum atomic E-state index is -2.10. The number of amides is 1. The van der Waals surface area contributed by atoms with Gasteiger partial charge in [-0.3, -0.25) is 9.59 Å². The first-order valence-electron chi connectivity index (χ1n) is 14.1. The van der Waals surface area contributed by atoms with Gasteiger partial charge in [0.25, 0.3) is 5.91 Å². The Labute approximate surface area is 228 Å². The fourth-order valence-electron chi connectivity index (χ4n) is 7.64. The minimum absolute atomic E-state index is 0.000867. The Morgan fingerprint density at radius 2 is 2.00 bits per heavy atom. The lowest BCUT2D eigenvalue weighted by atomic mass is 9.49. The average molecular weight is 546 g/mol. The standard InChI is InChI=1S/C29H47N3O5Si/c1-17-12-21-20-9-8-18-13-19(31-32-24(35)15-30)10-11-28(18,5)26(20)22(33)14-29(21,36)25(17)23(34)16-37-38(6,7)27(2,3)4/h10-11,13,17,20-22,25-26,33,36H,8-9,12,14-16,30H2,1-7H3,(H,32,35)/b31-19+/t17-,20+,21?,22+,25-,26?,28+,29-/m1/s1. The normalized spacial score (nSPS) is 39.7. The van der Waals surface area contributed by atoms with E-state index in [1.165, 1.54) is 5.57 Å². The van der Waals surface area contributed by atoms with Crippen LogP contribution in [0.3, 0.4) is 0 Å². The number of hydrogen-bond donors (Lipinski definition) is 4. The molecule has 212 valence electrons. The van der Waals surface area contributed by atoms with Crippen molar-refractivity contribution in [2.75, 3.05) is 13.2 Å². The summed E-state index contributed by atoms with van der Waals surface area (Å²) in [5.74, 6) is -0.872. The molecule has 38 heavy (non-hydrogen) atoms. The van der Waals surface area contributed by atoms with Gasteiger partial charge in [0.15, 0.2) is 14.1 Å². The van der Waals surface area contributed by atoms with E-state index in [0.29, 0.717) is 5.71 Å². The Kier molecular flexibility index (Phi) is 7.77. The second kappa shape index (κ2) is 10.1. The van der Waals surface area contributed by atoms with E-state index in [-0.39, 0.29) is 65.4 Å². The van der Waals surface area contributed by atoms with Crippen LogP contribution in [-0.2, 0) is 14.0 Å². The summed E-state index contributed by atoms with van der Waals surface area (Å²) in [6.45, 7) is 14.9. The number of aliphatic hydroxyl groups is 2. The maximum absolute atomic E-state index is 13.6. The lowest BCUT2D eigenvalue weighted by molar-refractivity contribution is -0.174. The molecule has 0 heterocycles. The molecule has 0 radical (unpaired) electrons. The molecule has 5 N–H and O–H groups in total. The predicted molar refractivity (Wildman–Crippen MR) is 151 cm³/mol. The van der Waals surface area contributed by atoms with E-state index in [0.717, 1.165) is 19.3 Å². The third-order valence-electron chi connectivity index (χ3n) is 10.6. The molecule has 4 aliphatic carbocycles. The van der Waals surface area contributed by atoms with Crippen molar-refractivity contribution >= 4 is 25.7 Å². The van der Waals surface area contributed by atoms with Gasteiger partial charge in [0.05, 0.1) is 36.5 Å². The van der Waals surface area contributed by atoms with Crippen LogP contribution in [-0.4, -0.2) is 60.8 Å². The third-order valence-corrected chi connectivity index (χ3v) is 15.1. The smallest absolute Gasteiger partial charge is 0.253 e. The van der Waals surface area contributed by atoms with Gasteiger partial charge in [-0.05, 0) is 67.3 Å². The van der Waals surface area contributed by atoms with Crippen LogP contribution in [0.4, 0.5) is 0 Å². The number of hydrazone groups is 1. The molecule has 8 atom stereocenters. The van der Waals surface area contributed by atoms with E-state index in [1.807, 2.05) is 12.2 Å². The molecule has 0 aromatic carbocycles. The fraction of sp³-hybridized carbons (Fsp3) is 0.759. The Morgan fingerprint density at radius 3 is 2.63 bits per heavy atom.